The van der Waals surface area contributed by atoms with E-state index in [-0.39, 0.29) is 0 Å². The van der Waals surface area contributed by atoms with Gasteiger partial charge < -0.3 is 5.11 Å². The molecule has 1 N–H and O–H groups in total. The van der Waals surface area contributed by atoms with Gasteiger partial charge in [0.1, 0.15) is 0 Å². The second-order valence-electron chi connectivity index (χ2n) is 3.26. The van der Waals surface area contributed by atoms with E-state index in [0.29, 0.717) is 6.42 Å². The maximum absolute atomic E-state index is 10.1. The van der Waals surface area contributed by atoms with Gasteiger partial charge in [-0.05, 0) is 31.1 Å². The topological polar surface area (TPSA) is 37.3 Å². The first-order chi connectivity index (χ1) is 4.70. The van der Waals surface area contributed by atoms with Gasteiger partial charge in [-0.25, -0.2) is 0 Å². The first-order valence-corrected chi connectivity index (χ1v) is 3.92. The molecule has 1 rings (SSSR count). The lowest BCUT2D eigenvalue weighted by molar-refractivity contribution is -0.137. The predicted octanol–water partition coefficient (Wildman–Crippen LogP) is 1.90. The van der Waals surface area contributed by atoms with E-state index in [9.17, 15) is 4.79 Å². The number of rotatable bonds is 4. The molecule has 0 aromatic rings. The average Bonchev–Trinajstić information content (AvgIpc) is 2.46. The highest BCUT2D eigenvalue weighted by Crippen LogP contribution is 2.41. The lowest BCUT2D eigenvalue weighted by Crippen LogP contribution is -1.94. The molecule has 0 bridgehead atoms. The highest BCUT2D eigenvalue weighted by molar-refractivity contribution is 5.66. The normalized spacial score (nSPS) is 30.1. The van der Waals surface area contributed by atoms with E-state index < -0.39 is 5.97 Å². The number of hydrogen-bond donors (Lipinski definition) is 1. The summed E-state index contributed by atoms with van der Waals surface area (Å²) < 4.78 is 0. The third-order valence-electron chi connectivity index (χ3n) is 2.24. The van der Waals surface area contributed by atoms with Gasteiger partial charge in [0.05, 0.1) is 0 Å². The standard InChI is InChI=1S/C8H14O2/c1-6-5-7(6)3-2-4-8(9)10/h6-7H,2-5H2,1H3,(H,9,10). The number of carboxylic acids is 1. The van der Waals surface area contributed by atoms with Crippen molar-refractivity contribution in [1.82, 2.24) is 0 Å². The molecule has 0 spiro atoms. The zero-order valence-electron chi connectivity index (χ0n) is 6.34. The summed E-state index contributed by atoms with van der Waals surface area (Å²) in [6.07, 6.45) is 3.65. The summed E-state index contributed by atoms with van der Waals surface area (Å²) in [6.45, 7) is 2.23. The Balaban J connectivity index is 1.91. The molecule has 0 aliphatic heterocycles. The van der Waals surface area contributed by atoms with Gasteiger partial charge in [-0.15, -0.1) is 0 Å². The Hall–Kier alpha value is -0.530. The second kappa shape index (κ2) is 3.04. The lowest BCUT2D eigenvalue weighted by atomic mass is 10.1. The summed E-state index contributed by atoms with van der Waals surface area (Å²) in [6, 6.07) is 0. The van der Waals surface area contributed by atoms with Crippen LogP contribution in [0.5, 0.6) is 0 Å². The fourth-order valence-corrected chi connectivity index (χ4v) is 1.32. The summed E-state index contributed by atoms with van der Waals surface area (Å²) in [5.74, 6) is 1.06. The molecule has 1 fully saturated rings. The van der Waals surface area contributed by atoms with Crippen molar-refractivity contribution in [2.75, 3.05) is 0 Å². The van der Waals surface area contributed by atoms with Crippen LogP contribution < -0.4 is 0 Å². The van der Waals surface area contributed by atoms with E-state index in [1.807, 2.05) is 0 Å². The lowest BCUT2D eigenvalue weighted by Gasteiger charge is -1.93. The molecule has 0 aromatic carbocycles. The molecule has 0 amide bonds. The Morgan fingerprint density at radius 1 is 1.70 bits per heavy atom. The quantitative estimate of drug-likeness (QED) is 0.650. The van der Waals surface area contributed by atoms with Crippen molar-refractivity contribution in [3.8, 4) is 0 Å². The van der Waals surface area contributed by atoms with Gasteiger partial charge in [0.25, 0.3) is 0 Å². The van der Waals surface area contributed by atoms with Crippen LogP contribution in [-0.4, -0.2) is 11.1 Å². The van der Waals surface area contributed by atoms with Gasteiger partial charge in [-0.1, -0.05) is 6.92 Å². The third kappa shape index (κ3) is 2.38. The van der Waals surface area contributed by atoms with Crippen molar-refractivity contribution in [2.45, 2.75) is 32.6 Å². The molecule has 1 saturated carbocycles. The molecule has 58 valence electrons. The first kappa shape index (κ1) is 7.58. The molecule has 0 radical (unpaired) electrons. The molecule has 0 heterocycles. The van der Waals surface area contributed by atoms with Crippen LogP contribution in [0.1, 0.15) is 32.6 Å². The second-order valence-corrected chi connectivity index (χ2v) is 3.26. The summed E-state index contributed by atoms with van der Waals surface area (Å²) in [7, 11) is 0. The fourth-order valence-electron chi connectivity index (χ4n) is 1.32. The minimum Gasteiger partial charge on any atom is -0.481 e. The van der Waals surface area contributed by atoms with E-state index in [4.69, 9.17) is 5.11 Å². The van der Waals surface area contributed by atoms with Gasteiger partial charge in [-0.2, -0.15) is 0 Å². The van der Waals surface area contributed by atoms with E-state index >= 15 is 0 Å². The summed E-state index contributed by atoms with van der Waals surface area (Å²) >= 11 is 0. The first-order valence-electron chi connectivity index (χ1n) is 3.92. The monoisotopic (exact) mass is 142 g/mol. The largest absolute Gasteiger partial charge is 0.481 e. The zero-order valence-corrected chi connectivity index (χ0v) is 6.34. The van der Waals surface area contributed by atoms with Crippen LogP contribution in [0.25, 0.3) is 0 Å². The maximum Gasteiger partial charge on any atom is 0.303 e. The van der Waals surface area contributed by atoms with Gasteiger partial charge in [0, 0.05) is 6.42 Å². The number of hydrogen-bond acceptors (Lipinski definition) is 1. The van der Waals surface area contributed by atoms with Gasteiger partial charge in [-0.3, -0.25) is 4.79 Å². The molecule has 0 saturated heterocycles. The fraction of sp³-hybridized carbons (Fsp3) is 0.875. The van der Waals surface area contributed by atoms with Crippen molar-refractivity contribution in [3.63, 3.8) is 0 Å². The molecule has 10 heavy (non-hydrogen) atoms. The Labute approximate surface area is 61.2 Å². The molecule has 2 unspecified atom stereocenters. The molecule has 2 heteroatoms. The van der Waals surface area contributed by atoms with Crippen LogP contribution in [0.3, 0.4) is 0 Å². The van der Waals surface area contributed by atoms with Crippen molar-refractivity contribution in [1.29, 1.82) is 0 Å². The van der Waals surface area contributed by atoms with Crippen molar-refractivity contribution >= 4 is 5.97 Å². The number of aliphatic carboxylic acids is 1. The van der Waals surface area contributed by atoms with E-state index in [1.54, 1.807) is 0 Å². The minimum atomic E-state index is -0.659. The highest BCUT2D eigenvalue weighted by atomic mass is 16.4. The van der Waals surface area contributed by atoms with Crippen molar-refractivity contribution in [2.24, 2.45) is 11.8 Å². The molecular weight excluding hydrogens is 128 g/mol. The van der Waals surface area contributed by atoms with Gasteiger partial charge in [0.2, 0.25) is 0 Å². The predicted molar refractivity (Wildman–Crippen MR) is 38.8 cm³/mol. The Kier molecular flexibility index (Phi) is 2.30. The minimum absolute atomic E-state index is 0.350. The SMILES string of the molecule is CC1CC1CCCC(=O)O. The molecule has 1 aliphatic rings. The van der Waals surface area contributed by atoms with Crippen LogP contribution in [0.15, 0.2) is 0 Å². The van der Waals surface area contributed by atoms with Crippen LogP contribution in [0, 0.1) is 11.8 Å². The Bertz CT molecular complexity index is 131. The highest BCUT2D eigenvalue weighted by Gasteiger charge is 2.31. The van der Waals surface area contributed by atoms with Crippen molar-refractivity contribution in [3.05, 3.63) is 0 Å². The van der Waals surface area contributed by atoms with Gasteiger partial charge >= 0.3 is 5.97 Å². The summed E-state index contributed by atoms with van der Waals surface area (Å²) in [5.41, 5.74) is 0. The third-order valence-corrected chi connectivity index (χ3v) is 2.24. The molecular formula is C8H14O2. The van der Waals surface area contributed by atoms with Gasteiger partial charge in [0.15, 0.2) is 0 Å². The Morgan fingerprint density at radius 3 is 2.70 bits per heavy atom. The molecule has 0 aromatic heterocycles. The van der Waals surface area contributed by atoms with Crippen LogP contribution in [0.2, 0.25) is 0 Å². The van der Waals surface area contributed by atoms with E-state index in [2.05, 4.69) is 6.92 Å². The van der Waals surface area contributed by atoms with Crippen LogP contribution in [0.4, 0.5) is 0 Å². The summed E-state index contributed by atoms with van der Waals surface area (Å²) in [4.78, 5) is 10.1. The molecule has 2 nitrogen and oxygen atoms in total. The van der Waals surface area contributed by atoms with E-state index in [1.165, 1.54) is 6.42 Å². The molecule has 2 atom stereocenters. The average molecular weight is 142 g/mol. The Morgan fingerprint density at radius 2 is 2.30 bits per heavy atom. The zero-order chi connectivity index (χ0) is 7.56. The molecule has 1 aliphatic carbocycles. The van der Waals surface area contributed by atoms with Crippen LogP contribution in [-0.2, 0) is 4.79 Å². The number of carboxylic acid groups (broad SMARTS) is 1. The van der Waals surface area contributed by atoms with Crippen LogP contribution >= 0.6 is 0 Å². The van der Waals surface area contributed by atoms with E-state index in [0.717, 1.165) is 24.7 Å². The maximum atomic E-state index is 10.1. The summed E-state index contributed by atoms with van der Waals surface area (Å²) in [5, 5.41) is 8.31. The number of carbonyl (C=O) groups is 1. The smallest absolute Gasteiger partial charge is 0.303 e. The van der Waals surface area contributed by atoms with Crippen molar-refractivity contribution < 1.29 is 9.90 Å².